The first-order chi connectivity index (χ1) is 12.6. The Kier molecular flexibility index (Phi) is 8.25. The van der Waals surface area contributed by atoms with Crippen LogP contribution in [0.4, 0.5) is 0 Å². The number of benzene rings is 2. The molecule has 0 saturated heterocycles. The summed E-state index contributed by atoms with van der Waals surface area (Å²) >= 11 is 12.2. The van der Waals surface area contributed by atoms with E-state index in [9.17, 15) is 4.79 Å². The molecule has 26 heavy (non-hydrogen) atoms. The van der Waals surface area contributed by atoms with Gasteiger partial charge in [0.25, 0.3) is 5.91 Å². The van der Waals surface area contributed by atoms with E-state index in [4.69, 9.17) is 23.2 Å². The predicted molar refractivity (Wildman–Crippen MR) is 108 cm³/mol. The Labute approximate surface area is 163 Å². The molecule has 0 spiro atoms. The van der Waals surface area contributed by atoms with Gasteiger partial charge < -0.3 is 16.0 Å². The SMILES string of the molecule is CCNC(=NCc1ccccc1Cl)NCCNC(=O)c1ccccc1Cl. The van der Waals surface area contributed by atoms with Crippen molar-refractivity contribution < 1.29 is 4.79 Å². The molecule has 0 aliphatic heterocycles. The highest BCUT2D eigenvalue weighted by Crippen LogP contribution is 2.15. The van der Waals surface area contributed by atoms with Crippen LogP contribution in [0.5, 0.6) is 0 Å². The molecule has 138 valence electrons. The fourth-order valence-electron chi connectivity index (χ4n) is 2.23. The first kappa shape index (κ1) is 20.1. The molecule has 2 aromatic carbocycles. The number of nitrogens with zero attached hydrogens (tertiary/aromatic N) is 1. The van der Waals surface area contributed by atoms with Crippen LogP contribution in [0.15, 0.2) is 53.5 Å². The van der Waals surface area contributed by atoms with Crippen LogP contribution in [0.2, 0.25) is 10.0 Å². The van der Waals surface area contributed by atoms with E-state index >= 15 is 0 Å². The van der Waals surface area contributed by atoms with Gasteiger partial charge in [0.05, 0.1) is 17.1 Å². The van der Waals surface area contributed by atoms with Crippen molar-refractivity contribution >= 4 is 35.1 Å². The zero-order valence-electron chi connectivity index (χ0n) is 14.6. The summed E-state index contributed by atoms with van der Waals surface area (Å²) in [5.74, 6) is 0.467. The minimum Gasteiger partial charge on any atom is -0.357 e. The molecule has 0 saturated carbocycles. The average molecular weight is 393 g/mol. The topological polar surface area (TPSA) is 65.5 Å². The van der Waals surface area contributed by atoms with Gasteiger partial charge in [0.1, 0.15) is 0 Å². The van der Waals surface area contributed by atoms with Gasteiger partial charge in [-0.25, -0.2) is 4.99 Å². The molecule has 5 nitrogen and oxygen atoms in total. The van der Waals surface area contributed by atoms with E-state index in [0.717, 1.165) is 12.1 Å². The van der Waals surface area contributed by atoms with Gasteiger partial charge in [0.15, 0.2) is 5.96 Å². The lowest BCUT2D eigenvalue weighted by atomic mass is 10.2. The zero-order valence-corrected chi connectivity index (χ0v) is 16.1. The molecule has 0 fully saturated rings. The molecule has 7 heteroatoms. The van der Waals surface area contributed by atoms with Crippen LogP contribution in [0.25, 0.3) is 0 Å². The number of halogens is 2. The lowest BCUT2D eigenvalue weighted by Crippen LogP contribution is -2.41. The highest BCUT2D eigenvalue weighted by Gasteiger charge is 2.08. The molecular formula is C19H22Cl2N4O. The number of amides is 1. The predicted octanol–water partition coefficient (Wildman–Crippen LogP) is 3.48. The first-order valence-electron chi connectivity index (χ1n) is 8.40. The second-order valence-electron chi connectivity index (χ2n) is 5.45. The number of nitrogens with one attached hydrogen (secondary N) is 3. The van der Waals surface area contributed by atoms with E-state index in [0.29, 0.717) is 41.2 Å². The summed E-state index contributed by atoms with van der Waals surface area (Å²) in [5, 5.41) is 10.3. The molecule has 0 aliphatic rings. The number of hydrogen-bond donors (Lipinski definition) is 3. The first-order valence-corrected chi connectivity index (χ1v) is 9.15. The van der Waals surface area contributed by atoms with E-state index < -0.39 is 0 Å². The smallest absolute Gasteiger partial charge is 0.252 e. The molecule has 0 unspecified atom stereocenters. The fraction of sp³-hybridized carbons (Fsp3) is 0.263. The van der Waals surface area contributed by atoms with Gasteiger partial charge in [0, 0.05) is 24.7 Å². The maximum Gasteiger partial charge on any atom is 0.252 e. The molecule has 0 aromatic heterocycles. The quantitative estimate of drug-likeness (QED) is 0.383. The Morgan fingerprint density at radius 2 is 1.58 bits per heavy atom. The van der Waals surface area contributed by atoms with Gasteiger partial charge in [-0.3, -0.25) is 4.79 Å². The van der Waals surface area contributed by atoms with E-state index in [-0.39, 0.29) is 5.91 Å². The van der Waals surface area contributed by atoms with Crippen molar-refractivity contribution in [3.05, 3.63) is 69.7 Å². The monoisotopic (exact) mass is 392 g/mol. The van der Waals surface area contributed by atoms with Gasteiger partial charge >= 0.3 is 0 Å². The standard InChI is InChI=1S/C19H22Cl2N4O/c1-2-22-19(25-13-14-7-3-5-9-16(14)20)24-12-11-23-18(26)15-8-4-6-10-17(15)21/h3-10H,2,11-13H2,1H3,(H,23,26)(H2,22,24,25). The van der Waals surface area contributed by atoms with Crippen LogP contribution in [0.1, 0.15) is 22.8 Å². The van der Waals surface area contributed by atoms with Crippen LogP contribution < -0.4 is 16.0 Å². The number of carbonyl (C=O) groups is 1. The molecular weight excluding hydrogens is 371 g/mol. The van der Waals surface area contributed by atoms with Crippen LogP contribution >= 0.6 is 23.2 Å². The number of hydrogen-bond acceptors (Lipinski definition) is 2. The average Bonchev–Trinajstić information content (AvgIpc) is 2.64. The Morgan fingerprint density at radius 1 is 0.923 bits per heavy atom. The molecule has 0 atom stereocenters. The Hall–Kier alpha value is -2.24. The van der Waals surface area contributed by atoms with Crippen LogP contribution in [0, 0.1) is 0 Å². The zero-order chi connectivity index (χ0) is 18.8. The third-order valence-electron chi connectivity index (χ3n) is 3.53. The van der Waals surface area contributed by atoms with Crippen molar-refractivity contribution in [2.24, 2.45) is 4.99 Å². The van der Waals surface area contributed by atoms with Crippen LogP contribution in [0.3, 0.4) is 0 Å². The van der Waals surface area contributed by atoms with E-state index in [1.807, 2.05) is 31.2 Å². The number of rotatable bonds is 7. The molecule has 3 N–H and O–H groups in total. The maximum atomic E-state index is 12.1. The summed E-state index contributed by atoms with van der Waals surface area (Å²) in [6.45, 7) is 4.18. The van der Waals surface area contributed by atoms with Crippen LogP contribution in [-0.2, 0) is 6.54 Å². The second-order valence-corrected chi connectivity index (χ2v) is 6.26. The van der Waals surface area contributed by atoms with Crippen molar-refractivity contribution in [2.75, 3.05) is 19.6 Å². The summed E-state index contributed by atoms with van der Waals surface area (Å²) < 4.78 is 0. The molecule has 0 radical (unpaired) electrons. The molecule has 2 aromatic rings. The highest BCUT2D eigenvalue weighted by atomic mass is 35.5. The minimum absolute atomic E-state index is 0.199. The summed E-state index contributed by atoms with van der Waals surface area (Å²) in [4.78, 5) is 16.6. The normalized spacial score (nSPS) is 11.1. The Bertz CT molecular complexity index is 765. The van der Waals surface area contributed by atoms with Crippen LogP contribution in [-0.4, -0.2) is 31.5 Å². The molecule has 1 amide bonds. The van der Waals surface area contributed by atoms with Gasteiger partial charge in [-0.05, 0) is 30.7 Å². The lowest BCUT2D eigenvalue weighted by molar-refractivity contribution is 0.0954. The van der Waals surface area contributed by atoms with E-state index in [1.165, 1.54) is 0 Å². The summed E-state index contributed by atoms with van der Waals surface area (Å²) in [6, 6.07) is 14.6. The van der Waals surface area contributed by atoms with Gasteiger partial charge in [-0.2, -0.15) is 0 Å². The number of carbonyl (C=O) groups excluding carboxylic acids is 1. The van der Waals surface area contributed by atoms with Crippen molar-refractivity contribution in [3.63, 3.8) is 0 Å². The van der Waals surface area contributed by atoms with E-state index in [1.54, 1.807) is 24.3 Å². The number of aliphatic imine (C=N–C) groups is 1. The fourth-order valence-corrected chi connectivity index (χ4v) is 2.65. The van der Waals surface area contributed by atoms with Gasteiger partial charge in [-0.1, -0.05) is 53.5 Å². The van der Waals surface area contributed by atoms with Crippen molar-refractivity contribution in [2.45, 2.75) is 13.5 Å². The third-order valence-corrected chi connectivity index (χ3v) is 4.23. The minimum atomic E-state index is -0.199. The third kappa shape index (κ3) is 6.24. The summed E-state index contributed by atoms with van der Waals surface area (Å²) in [7, 11) is 0. The molecule has 0 aliphatic carbocycles. The Morgan fingerprint density at radius 3 is 2.27 bits per heavy atom. The van der Waals surface area contributed by atoms with Crippen molar-refractivity contribution in [3.8, 4) is 0 Å². The highest BCUT2D eigenvalue weighted by molar-refractivity contribution is 6.33. The number of guanidine groups is 1. The molecule has 0 heterocycles. The van der Waals surface area contributed by atoms with Gasteiger partial charge in [0.2, 0.25) is 0 Å². The van der Waals surface area contributed by atoms with Gasteiger partial charge in [-0.15, -0.1) is 0 Å². The second kappa shape index (κ2) is 10.7. The Balaban J connectivity index is 1.83. The van der Waals surface area contributed by atoms with Crippen molar-refractivity contribution in [1.82, 2.24) is 16.0 Å². The van der Waals surface area contributed by atoms with Crippen molar-refractivity contribution in [1.29, 1.82) is 0 Å². The molecule has 2 rings (SSSR count). The molecule has 0 bridgehead atoms. The lowest BCUT2D eigenvalue weighted by Gasteiger charge is -2.12. The van der Waals surface area contributed by atoms with E-state index in [2.05, 4.69) is 20.9 Å². The summed E-state index contributed by atoms with van der Waals surface area (Å²) in [6.07, 6.45) is 0. The maximum absolute atomic E-state index is 12.1. The summed E-state index contributed by atoms with van der Waals surface area (Å²) in [5.41, 5.74) is 1.42. The largest absolute Gasteiger partial charge is 0.357 e.